The quantitative estimate of drug-likeness (QED) is 0.335. The summed E-state index contributed by atoms with van der Waals surface area (Å²) in [5.41, 5.74) is 1.68. The Morgan fingerprint density at radius 1 is 1.26 bits per heavy atom. The molecule has 2 aromatic heterocycles. The fraction of sp³-hybridized carbons (Fsp3) is 0.346. The van der Waals surface area contributed by atoms with Crippen LogP contribution in [0.5, 0.6) is 0 Å². The molecule has 1 unspecified atom stereocenters. The SMILES string of the molecule is Cc1cc(Br)cc(C(=O)NC2CCCCC2)c1NC(=O)c1cc(CS(C)(=O)=NC#N)nn1-c1ncccc1Cl. The number of pyridine rings is 1. The van der Waals surface area contributed by atoms with Crippen molar-refractivity contribution in [2.24, 2.45) is 4.36 Å². The zero-order valence-electron chi connectivity index (χ0n) is 21.4. The Kier molecular flexibility index (Phi) is 9.04. The lowest BCUT2D eigenvalue weighted by molar-refractivity contribution is 0.0928. The maximum Gasteiger partial charge on any atom is 0.274 e. The van der Waals surface area contributed by atoms with Crippen molar-refractivity contribution in [3.05, 3.63) is 68.5 Å². The van der Waals surface area contributed by atoms with Gasteiger partial charge < -0.3 is 10.6 Å². The molecule has 0 bridgehead atoms. The Labute approximate surface area is 240 Å². The van der Waals surface area contributed by atoms with E-state index in [1.807, 2.05) is 0 Å². The smallest absolute Gasteiger partial charge is 0.274 e. The van der Waals surface area contributed by atoms with Crippen LogP contribution in [0.15, 0.2) is 45.4 Å². The Morgan fingerprint density at radius 3 is 2.69 bits per heavy atom. The lowest BCUT2D eigenvalue weighted by Crippen LogP contribution is -2.36. The van der Waals surface area contributed by atoms with E-state index < -0.39 is 15.6 Å². The molecular formula is C26H27BrClN7O3S. The third-order valence-corrected chi connectivity index (χ3v) is 8.36. The summed E-state index contributed by atoms with van der Waals surface area (Å²) in [6.07, 6.45) is 9.55. The van der Waals surface area contributed by atoms with E-state index in [0.717, 1.165) is 32.1 Å². The molecule has 1 saturated carbocycles. The van der Waals surface area contributed by atoms with Crippen molar-refractivity contribution in [1.82, 2.24) is 20.1 Å². The van der Waals surface area contributed by atoms with Crippen LogP contribution in [0.2, 0.25) is 5.02 Å². The van der Waals surface area contributed by atoms with Crippen LogP contribution in [0.3, 0.4) is 0 Å². The van der Waals surface area contributed by atoms with E-state index in [9.17, 15) is 13.8 Å². The largest absolute Gasteiger partial charge is 0.349 e. The number of benzene rings is 1. The van der Waals surface area contributed by atoms with Gasteiger partial charge in [-0.1, -0.05) is 46.8 Å². The number of halogens is 2. The van der Waals surface area contributed by atoms with Gasteiger partial charge in [-0.05, 0) is 55.7 Å². The van der Waals surface area contributed by atoms with Gasteiger partial charge in [0.2, 0.25) is 6.19 Å². The van der Waals surface area contributed by atoms with Crippen LogP contribution in [0.1, 0.15) is 64.2 Å². The van der Waals surface area contributed by atoms with Gasteiger partial charge >= 0.3 is 0 Å². The molecule has 1 aliphatic carbocycles. The second kappa shape index (κ2) is 12.3. The molecule has 0 aliphatic heterocycles. The molecule has 3 aromatic rings. The van der Waals surface area contributed by atoms with Crippen molar-refractivity contribution in [2.75, 3.05) is 11.6 Å². The number of aromatic nitrogens is 3. The monoisotopic (exact) mass is 631 g/mol. The lowest BCUT2D eigenvalue weighted by Gasteiger charge is -2.24. The minimum atomic E-state index is -2.91. The second-order valence-electron chi connectivity index (χ2n) is 9.44. The van der Waals surface area contributed by atoms with Gasteiger partial charge in [0, 0.05) is 23.0 Å². The normalized spacial score (nSPS) is 15.2. The molecule has 0 saturated heterocycles. The Balaban J connectivity index is 1.72. The van der Waals surface area contributed by atoms with E-state index in [2.05, 4.69) is 41.0 Å². The molecule has 39 heavy (non-hydrogen) atoms. The van der Waals surface area contributed by atoms with Crippen molar-refractivity contribution in [3.8, 4) is 12.0 Å². The zero-order valence-corrected chi connectivity index (χ0v) is 24.6. The number of amides is 2. The summed E-state index contributed by atoms with van der Waals surface area (Å²) in [6, 6.07) is 8.27. The first kappa shape index (κ1) is 28.7. The fourth-order valence-corrected chi connectivity index (χ4v) is 6.23. The van der Waals surface area contributed by atoms with E-state index >= 15 is 0 Å². The summed E-state index contributed by atoms with van der Waals surface area (Å²) in [5.74, 6) is -0.817. The Hall–Kier alpha value is -3.27. The zero-order chi connectivity index (χ0) is 28.2. The number of carbonyl (C=O) groups is 2. The molecule has 2 N–H and O–H groups in total. The maximum absolute atomic E-state index is 13.7. The number of nitrogens with one attached hydrogen (secondary N) is 2. The summed E-state index contributed by atoms with van der Waals surface area (Å²) in [6.45, 7) is 1.80. The summed E-state index contributed by atoms with van der Waals surface area (Å²) < 4.78 is 18.1. The molecule has 2 heterocycles. The summed E-state index contributed by atoms with van der Waals surface area (Å²) in [4.78, 5) is 31.3. The van der Waals surface area contributed by atoms with Crippen LogP contribution < -0.4 is 10.6 Å². The van der Waals surface area contributed by atoms with Gasteiger partial charge in [-0.3, -0.25) is 9.59 Å². The number of hydrogen-bond acceptors (Lipinski definition) is 7. The van der Waals surface area contributed by atoms with Gasteiger partial charge in [-0.25, -0.2) is 13.9 Å². The van der Waals surface area contributed by atoms with Gasteiger partial charge in [0.25, 0.3) is 11.8 Å². The van der Waals surface area contributed by atoms with E-state index in [1.165, 1.54) is 23.2 Å². The number of nitriles is 1. The third kappa shape index (κ3) is 7.03. The minimum Gasteiger partial charge on any atom is -0.349 e. The highest BCUT2D eigenvalue weighted by molar-refractivity contribution is 9.10. The highest BCUT2D eigenvalue weighted by Gasteiger charge is 2.25. The van der Waals surface area contributed by atoms with E-state index in [4.69, 9.17) is 16.9 Å². The second-order valence-corrected chi connectivity index (χ2v) is 13.2. The molecule has 0 spiro atoms. The Morgan fingerprint density at radius 2 is 2.00 bits per heavy atom. The number of carbonyl (C=O) groups excluding carboxylic acids is 2. The molecule has 1 fully saturated rings. The number of nitrogens with zero attached hydrogens (tertiary/aromatic N) is 5. The average Bonchev–Trinajstić information content (AvgIpc) is 3.29. The maximum atomic E-state index is 13.7. The van der Waals surface area contributed by atoms with Crippen LogP contribution in [0.4, 0.5) is 5.69 Å². The fourth-order valence-electron chi connectivity index (χ4n) is 4.53. The van der Waals surface area contributed by atoms with Crippen molar-refractivity contribution >= 4 is 54.8 Å². The van der Waals surface area contributed by atoms with Crippen LogP contribution in [0.25, 0.3) is 5.82 Å². The lowest BCUT2D eigenvalue weighted by atomic mass is 9.95. The molecule has 0 radical (unpaired) electrons. The van der Waals surface area contributed by atoms with Crippen molar-refractivity contribution in [3.63, 3.8) is 0 Å². The number of rotatable bonds is 7. The molecule has 1 aliphatic rings. The van der Waals surface area contributed by atoms with Crippen LogP contribution in [0, 0.1) is 18.4 Å². The number of anilines is 1. The minimum absolute atomic E-state index is 0.0544. The molecule has 204 valence electrons. The van der Waals surface area contributed by atoms with Gasteiger partial charge in [0.15, 0.2) is 5.82 Å². The number of hydrogen-bond donors (Lipinski definition) is 2. The first-order valence-electron chi connectivity index (χ1n) is 12.3. The number of aryl methyl sites for hydroxylation is 1. The molecule has 4 rings (SSSR count). The first-order chi connectivity index (χ1) is 18.6. The van der Waals surface area contributed by atoms with Gasteiger partial charge in [0.05, 0.1) is 37.4 Å². The van der Waals surface area contributed by atoms with E-state index in [0.29, 0.717) is 21.3 Å². The topological polar surface area (TPSA) is 142 Å². The van der Waals surface area contributed by atoms with E-state index in [-0.39, 0.29) is 39.9 Å². The summed E-state index contributed by atoms with van der Waals surface area (Å²) in [7, 11) is -2.91. The summed E-state index contributed by atoms with van der Waals surface area (Å²) in [5, 5.41) is 19.5. The predicted molar refractivity (Wildman–Crippen MR) is 153 cm³/mol. The molecule has 1 aromatic carbocycles. The van der Waals surface area contributed by atoms with Gasteiger partial charge in [0.1, 0.15) is 5.69 Å². The summed E-state index contributed by atoms with van der Waals surface area (Å²) >= 11 is 9.82. The van der Waals surface area contributed by atoms with Crippen LogP contribution >= 0.6 is 27.5 Å². The van der Waals surface area contributed by atoms with E-state index in [1.54, 1.807) is 37.4 Å². The van der Waals surface area contributed by atoms with Crippen molar-refractivity contribution in [2.45, 2.75) is 50.8 Å². The average molecular weight is 633 g/mol. The third-order valence-electron chi connectivity index (χ3n) is 6.31. The molecule has 10 nitrogen and oxygen atoms in total. The standard InChI is InChI=1S/C26H27BrClN7O3S/c1-16-11-17(27)12-20(25(36)32-18-7-4-3-5-8-18)23(16)33-26(37)22-13-19(14-39(2,38)31-15-29)34-35(22)24-21(28)9-6-10-30-24/h6,9-13,18H,3-5,7-8,14H2,1-2H3,(H,32,36)(H,33,37). The molecular weight excluding hydrogens is 606 g/mol. The Bertz CT molecular complexity index is 1580. The highest BCUT2D eigenvalue weighted by Crippen LogP contribution is 2.28. The van der Waals surface area contributed by atoms with Crippen molar-refractivity contribution < 1.29 is 13.8 Å². The van der Waals surface area contributed by atoms with Crippen LogP contribution in [-0.4, -0.2) is 43.1 Å². The first-order valence-corrected chi connectivity index (χ1v) is 15.5. The molecule has 13 heteroatoms. The molecule has 2 amide bonds. The highest BCUT2D eigenvalue weighted by atomic mass is 79.9. The van der Waals surface area contributed by atoms with Gasteiger partial charge in [-0.15, -0.1) is 4.36 Å². The van der Waals surface area contributed by atoms with Crippen molar-refractivity contribution in [1.29, 1.82) is 5.26 Å². The van der Waals surface area contributed by atoms with Crippen LogP contribution in [-0.2, 0) is 15.5 Å². The molecule has 1 atom stereocenters. The predicted octanol–water partition coefficient (Wildman–Crippen LogP) is 5.39. The van der Waals surface area contributed by atoms with Gasteiger partial charge in [-0.2, -0.15) is 10.4 Å².